The first-order valence-corrected chi connectivity index (χ1v) is 6.09. The molecule has 0 radical (unpaired) electrons. The molecule has 1 aromatic heterocycles. The third-order valence-electron chi connectivity index (χ3n) is 2.93. The van der Waals surface area contributed by atoms with Gasteiger partial charge in [0.2, 0.25) is 0 Å². The molecule has 19 heavy (non-hydrogen) atoms. The molecule has 5 heteroatoms. The molecular formula is C14H18N2O3. The van der Waals surface area contributed by atoms with Crippen LogP contribution in [0, 0.1) is 26.2 Å². The Morgan fingerprint density at radius 3 is 2.47 bits per heavy atom. The molecule has 0 fully saturated rings. The van der Waals surface area contributed by atoms with Gasteiger partial charge in [-0.1, -0.05) is 12.8 Å². The normalized spacial score (nSPS) is 10.0. The third kappa shape index (κ3) is 2.97. The number of hydrogen-bond acceptors (Lipinski definition) is 2. The highest BCUT2D eigenvalue weighted by molar-refractivity contribution is 6.00. The van der Waals surface area contributed by atoms with Crippen LogP contribution >= 0.6 is 0 Å². The fourth-order valence-corrected chi connectivity index (χ4v) is 2.08. The van der Waals surface area contributed by atoms with E-state index in [-0.39, 0.29) is 18.1 Å². The predicted octanol–water partition coefficient (Wildman–Crippen LogP) is 1.82. The standard InChI is InChI=1S/C14H18N2O3/c1-5-7-16(8-6-2)13(17)11-9(3)12(14(18)19)15-10(11)4/h1,15H,6-8H2,2-4H3,(H,18,19). The number of aromatic nitrogens is 1. The Morgan fingerprint density at radius 1 is 1.42 bits per heavy atom. The highest BCUT2D eigenvalue weighted by Gasteiger charge is 2.24. The summed E-state index contributed by atoms with van der Waals surface area (Å²) in [6.07, 6.45) is 6.05. The van der Waals surface area contributed by atoms with E-state index in [1.807, 2.05) is 6.92 Å². The number of carboxylic acids is 1. The number of hydrogen-bond donors (Lipinski definition) is 2. The summed E-state index contributed by atoms with van der Waals surface area (Å²) < 4.78 is 0. The molecule has 1 amide bonds. The maximum absolute atomic E-state index is 12.4. The molecule has 0 saturated carbocycles. The average Bonchev–Trinajstić information content (AvgIpc) is 2.64. The number of nitrogens with one attached hydrogen (secondary N) is 1. The molecule has 0 aromatic carbocycles. The summed E-state index contributed by atoms with van der Waals surface area (Å²) in [5.41, 5.74) is 1.46. The Kier molecular flexibility index (Phi) is 4.76. The van der Waals surface area contributed by atoms with Crippen LogP contribution in [0.1, 0.15) is 45.4 Å². The van der Waals surface area contributed by atoms with Crippen LogP contribution in [0.3, 0.4) is 0 Å². The predicted molar refractivity (Wildman–Crippen MR) is 72.3 cm³/mol. The number of amides is 1. The zero-order chi connectivity index (χ0) is 14.6. The van der Waals surface area contributed by atoms with E-state index in [0.717, 1.165) is 6.42 Å². The van der Waals surface area contributed by atoms with Crippen molar-refractivity contribution in [3.63, 3.8) is 0 Å². The Hall–Kier alpha value is -2.22. The first-order valence-electron chi connectivity index (χ1n) is 6.09. The van der Waals surface area contributed by atoms with Crippen LogP contribution in [-0.4, -0.2) is 40.0 Å². The van der Waals surface area contributed by atoms with Gasteiger partial charge in [-0.25, -0.2) is 4.79 Å². The van der Waals surface area contributed by atoms with Crippen LogP contribution in [0.4, 0.5) is 0 Å². The highest BCUT2D eigenvalue weighted by atomic mass is 16.4. The lowest BCUT2D eigenvalue weighted by molar-refractivity contribution is 0.0690. The minimum absolute atomic E-state index is 0.0537. The number of aryl methyl sites for hydroxylation is 1. The van der Waals surface area contributed by atoms with E-state index < -0.39 is 5.97 Å². The zero-order valence-electron chi connectivity index (χ0n) is 11.4. The average molecular weight is 262 g/mol. The van der Waals surface area contributed by atoms with E-state index in [4.69, 9.17) is 11.5 Å². The fourth-order valence-electron chi connectivity index (χ4n) is 2.08. The summed E-state index contributed by atoms with van der Waals surface area (Å²) >= 11 is 0. The van der Waals surface area contributed by atoms with Crippen molar-refractivity contribution in [2.75, 3.05) is 13.1 Å². The summed E-state index contributed by atoms with van der Waals surface area (Å²) in [4.78, 5) is 27.7. The van der Waals surface area contributed by atoms with Crippen LogP contribution in [0.2, 0.25) is 0 Å². The summed E-state index contributed by atoms with van der Waals surface area (Å²) in [7, 11) is 0. The molecule has 1 rings (SSSR count). The van der Waals surface area contributed by atoms with Gasteiger partial charge in [-0.3, -0.25) is 4.79 Å². The molecular weight excluding hydrogens is 244 g/mol. The van der Waals surface area contributed by atoms with Gasteiger partial charge in [0, 0.05) is 12.2 Å². The van der Waals surface area contributed by atoms with Crippen LogP contribution < -0.4 is 0 Å². The second kappa shape index (κ2) is 6.10. The van der Waals surface area contributed by atoms with Gasteiger partial charge in [0.25, 0.3) is 5.91 Å². The van der Waals surface area contributed by atoms with E-state index in [9.17, 15) is 9.59 Å². The van der Waals surface area contributed by atoms with Gasteiger partial charge in [0.05, 0.1) is 12.1 Å². The number of carboxylic acid groups (broad SMARTS) is 1. The molecule has 2 N–H and O–H groups in total. The molecule has 0 bridgehead atoms. The van der Waals surface area contributed by atoms with Gasteiger partial charge >= 0.3 is 5.97 Å². The molecule has 0 unspecified atom stereocenters. The second-order valence-corrected chi connectivity index (χ2v) is 4.36. The quantitative estimate of drug-likeness (QED) is 0.795. The fraction of sp³-hybridized carbons (Fsp3) is 0.429. The Bertz CT molecular complexity index is 538. The molecule has 0 aliphatic heterocycles. The Labute approximate surface area is 112 Å². The number of rotatable bonds is 5. The Balaban J connectivity index is 3.18. The molecule has 5 nitrogen and oxygen atoms in total. The van der Waals surface area contributed by atoms with Gasteiger partial charge in [-0.2, -0.15) is 0 Å². The number of terminal acetylenes is 1. The van der Waals surface area contributed by atoms with Crippen molar-refractivity contribution in [1.82, 2.24) is 9.88 Å². The largest absolute Gasteiger partial charge is 0.477 e. The van der Waals surface area contributed by atoms with E-state index >= 15 is 0 Å². The van der Waals surface area contributed by atoms with Crippen molar-refractivity contribution >= 4 is 11.9 Å². The third-order valence-corrected chi connectivity index (χ3v) is 2.93. The van der Waals surface area contributed by atoms with Gasteiger partial charge < -0.3 is 15.0 Å². The molecule has 0 atom stereocenters. The van der Waals surface area contributed by atoms with E-state index in [2.05, 4.69) is 10.9 Å². The van der Waals surface area contributed by atoms with Crippen molar-refractivity contribution in [3.8, 4) is 12.3 Å². The summed E-state index contributed by atoms with van der Waals surface area (Å²) in [5, 5.41) is 9.04. The van der Waals surface area contributed by atoms with Crippen molar-refractivity contribution in [3.05, 3.63) is 22.5 Å². The van der Waals surface area contributed by atoms with E-state index in [1.54, 1.807) is 18.7 Å². The monoisotopic (exact) mass is 262 g/mol. The molecule has 0 saturated heterocycles. The minimum atomic E-state index is -1.07. The van der Waals surface area contributed by atoms with Crippen molar-refractivity contribution in [2.24, 2.45) is 0 Å². The molecule has 1 aromatic rings. The Morgan fingerprint density at radius 2 is 2.05 bits per heavy atom. The zero-order valence-corrected chi connectivity index (χ0v) is 11.4. The van der Waals surface area contributed by atoms with Gasteiger partial charge in [0.1, 0.15) is 5.69 Å². The minimum Gasteiger partial charge on any atom is -0.477 e. The van der Waals surface area contributed by atoms with Gasteiger partial charge in [-0.15, -0.1) is 6.42 Å². The molecule has 0 aliphatic rings. The van der Waals surface area contributed by atoms with Crippen molar-refractivity contribution in [2.45, 2.75) is 27.2 Å². The van der Waals surface area contributed by atoms with Crippen LogP contribution in [-0.2, 0) is 0 Å². The summed E-state index contributed by atoms with van der Waals surface area (Å²) in [6, 6.07) is 0. The summed E-state index contributed by atoms with van der Waals surface area (Å²) in [6.45, 7) is 6.04. The molecule has 1 heterocycles. The topological polar surface area (TPSA) is 73.4 Å². The first-order chi connectivity index (χ1) is 8.93. The maximum atomic E-state index is 12.4. The number of aromatic amines is 1. The van der Waals surface area contributed by atoms with E-state index in [1.165, 1.54) is 0 Å². The smallest absolute Gasteiger partial charge is 0.352 e. The first kappa shape index (κ1) is 14.8. The number of carbonyl (C=O) groups excluding carboxylic acids is 1. The molecule has 102 valence electrons. The SMILES string of the molecule is C#CCN(CCC)C(=O)c1c(C)[nH]c(C(=O)O)c1C. The van der Waals surface area contributed by atoms with Crippen LogP contribution in [0.15, 0.2) is 0 Å². The number of carbonyl (C=O) groups is 2. The maximum Gasteiger partial charge on any atom is 0.352 e. The van der Waals surface area contributed by atoms with Gasteiger partial charge in [-0.05, 0) is 25.8 Å². The lowest BCUT2D eigenvalue weighted by Gasteiger charge is -2.19. The van der Waals surface area contributed by atoms with Crippen molar-refractivity contribution in [1.29, 1.82) is 0 Å². The van der Waals surface area contributed by atoms with Crippen molar-refractivity contribution < 1.29 is 14.7 Å². The molecule has 0 aliphatic carbocycles. The lowest BCUT2D eigenvalue weighted by Crippen LogP contribution is -2.32. The number of aromatic carboxylic acids is 1. The second-order valence-electron chi connectivity index (χ2n) is 4.36. The number of H-pyrrole nitrogens is 1. The number of nitrogens with zero attached hydrogens (tertiary/aromatic N) is 1. The van der Waals surface area contributed by atoms with E-state index in [0.29, 0.717) is 23.4 Å². The highest BCUT2D eigenvalue weighted by Crippen LogP contribution is 2.20. The van der Waals surface area contributed by atoms with Gasteiger partial charge in [0.15, 0.2) is 0 Å². The van der Waals surface area contributed by atoms with Crippen LogP contribution in [0.25, 0.3) is 0 Å². The van der Waals surface area contributed by atoms with Crippen LogP contribution in [0.5, 0.6) is 0 Å². The summed E-state index contributed by atoms with van der Waals surface area (Å²) in [5.74, 6) is 1.16. The molecule has 0 spiro atoms. The lowest BCUT2D eigenvalue weighted by atomic mass is 10.1.